The van der Waals surface area contributed by atoms with E-state index in [1.807, 2.05) is 6.07 Å². The van der Waals surface area contributed by atoms with Gasteiger partial charge in [-0.3, -0.25) is 0 Å². The first-order chi connectivity index (χ1) is 6.86. The van der Waals surface area contributed by atoms with E-state index < -0.39 is 0 Å². The Bertz CT molecular complexity index is 329. The number of aromatic nitrogens is 2. The van der Waals surface area contributed by atoms with E-state index in [-0.39, 0.29) is 6.04 Å². The van der Waals surface area contributed by atoms with Crippen LogP contribution in [-0.2, 0) is 0 Å². The molecule has 0 saturated heterocycles. The Kier molecular flexibility index (Phi) is 4.04. The summed E-state index contributed by atoms with van der Waals surface area (Å²) in [6, 6.07) is 3.70. The molecule has 1 N–H and O–H groups in total. The lowest BCUT2D eigenvalue weighted by Gasteiger charge is -2.13. The normalized spacial score (nSPS) is 9.07. The Labute approximate surface area is 83.9 Å². The third-order valence-corrected chi connectivity index (χ3v) is 1.65. The number of hydrogen-bond donors (Lipinski definition) is 1. The van der Waals surface area contributed by atoms with E-state index in [0.29, 0.717) is 18.7 Å². The lowest BCUT2D eigenvalue weighted by molar-refractivity contribution is 0.759. The maximum atomic E-state index is 5.22. The Morgan fingerprint density at radius 3 is 2.57 bits per heavy atom. The predicted molar refractivity (Wildman–Crippen MR) is 56.3 cm³/mol. The molecule has 0 fully saturated rings. The molecule has 0 unspecified atom stereocenters. The topological polar surface area (TPSA) is 37.8 Å². The van der Waals surface area contributed by atoms with Crippen LogP contribution in [0, 0.1) is 24.7 Å². The number of nitrogens with zero attached hydrogens (tertiary/aromatic N) is 2. The number of nitrogens with one attached hydrogen (secondary N) is 1. The highest BCUT2D eigenvalue weighted by Gasteiger charge is 2.05. The van der Waals surface area contributed by atoms with Crippen LogP contribution >= 0.6 is 0 Å². The Balaban J connectivity index is 2.57. The van der Waals surface area contributed by atoms with Crippen molar-refractivity contribution < 1.29 is 0 Å². The molecular formula is C11H11N3. The summed E-state index contributed by atoms with van der Waals surface area (Å²) >= 11 is 0. The van der Waals surface area contributed by atoms with Crippen molar-refractivity contribution in [3.8, 4) is 24.7 Å². The summed E-state index contributed by atoms with van der Waals surface area (Å²) in [6.07, 6.45) is 13.2. The van der Waals surface area contributed by atoms with Gasteiger partial charge in [0.15, 0.2) is 0 Å². The summed E-state index contributed by atoms with van der Waals surface area (Å²) in [5, 5.41) is 10.7. The molecule has 0 aliphatic carbocycles. The van der Waals surface area contributed by atoms with Gasteiger partial charge in [0, 0.05) is 25.1 Å². The summed E-state index contributed by atoms with van der Waals surface area (Å²) in [4.78, 5) is 0. The number of anilines is 1. The highest BCUT2D eigenvalue weighted by atomic mass is 15.2. The second-order valence-electron chi connectivity index (χ2n) is 2.77. The summed E-state index contributed by atoms with van der Waals surface area (Å²) in [6.45, 7) is 0. The van der Waals surface area contributed by atoms with Crippen LogP contribution in [0.1, 0.15) is 12.8 Å². The van der Waals surface area contributed by atoms with Gasteiger partial charge in [-0.05, 0) is 12.1 Å². The van der Waals surface area contributed by atoms with Gasteiger partial charge in [0.25, 0.3) is 0 Å². The molecule has 0 aliphatic rings. The van der Waals surface area contributed by atoms with Gasteiger partial charge in [0.1, 0.15) is 5.82 Å². The molecule has 14 heavy (non-hydrogen) atoms. The summed E-state index contributed by atoms with van der Waals surface area (Å²) in [7, 11) is 0. The summed E-state index contributed by atoms with van der Waals surface area (Å²) < 4.78 is 0. The lowest BCUT2D eigenvalue weighted by Crippen LogP contribution is -2.19. The molecular weight excluding hydrogens is 174 g/mol. The number of hydrogen-bond acceptors (Lipinski definition) is 3. The zero-order chi connectivity index (χ0) is 10.2. The molecule has 70 valence electrons. The molecule has 1 aromatic rings. The van der Waals surface area contributed by atoms with Crippen LogP contribution < -0.4 is 5.32 Å². The fourth-order valence-corrected chi connectivity index (χ4v) is 1.05. The Morgan fingerprint density at radius 1 is 1.36 bits per heavy atom. The first-order valence-electron chi connectivity index (χ1n) is 4.28. The van der Waals surface area contributed by atoms with Crippen molar-refractivity contribution in [3.05, 3.63) is 18.3 Å². The second kappa shape index (κ2) is 5.61. The predicted octanol–water partition coefficient (Wildman–Crippen LogP) is 1.30. The SMILES string of the molecule is C#CCC(CC#C)Nc1cccnn1. The molecule has 0 amide bonds. The largest absolute Gasteiger partial charge is 0.364 e. The second-order valence-corrected chi connectivity index (χ2v) is 2.77. The quantitative estimate of drug-likeness (QED) is 0.718. The molecule has 1 rings (SSSR count). The Morgan fingerprint density at radius 2 is 2.07 bits per heavy atom. The average Bonchev–Trinajstić information content (AvgIpc) is 2.20. The van der Waals surface area contributed by atoms with Crippen LogP contribution in [0.5, 0.6) is 0 Å². The number of rotatable bonds is 4. The van der Waals surface area contributed by atoms with Crippen LogP contribution in [0.25, 0.3) is 0 Å². The smallest absolute Gasteiger partial charge is 0.148 e. The third-order valence-electron chi connectivity index (χ3n) is 1.65. The van der Waals surface area contributed by atoms with Crippen molar-refractivity contribution in [3.63, 3.8) is 0 Å². The monoisotopic (exact) mass is 185 g/mol. The summed E-state index contributed by atoms with van der Waals surface area (Å²) in [5.74, 6) is 5.83. The molecule has 0 radical (unpaired) electrons. The van der Waals surface area contributed by atoms with Crippen molar-refractivity contribution >= 4 is 5.82 Å². The lowest BCUT2D eigenvalue weighted by atomic mass is 10.1. The molecule has 0 atom stereocenters. The molecule has 3 heteroatoms. The molecule has 1 heterocycles. The molecule has 0 aromatic carbocycles. The van der Waals surface area contributed by atoms with Gasteiger partial charge in [0.05, 0.1) is 0 Å². The van der Waals surface area contributed by atoms with Gasteiger partial charge in [0.2, 0.25) is 0 Å². The van der Waals surface area contributed by atoms with Crippen LogP contribution in [0.2, 0.25) is 0 Å². The molecule has 0 bridgehead atoms. The maximum Gasteiger partial charge on any atom is 0.148 e. The fraction of sp³-hybridized carbons (Fsp3) is 0.273. The van der Waals surface area contributed by atoms with Crippen molar-refractivity contribution in [2.45, 2.75) is 18.9 Å². The van der Waals surface area contributed by atoms with Crippen molar-refractivity contribution in [1.29, 1.82) is 0 Å². The van der Waals surface area contributed by atoms with Crippen LogP contribution in [0.3, 0.4) is 0 Å². The minimum atomic E-state index is 0.0710. The van der Waals surface area contributed by atoms with Gasteiger partial charge >= 0.3 is 0 Å². The highest BCUT2D eigenvalue weighted by Crippen LogP contribution is 2.06. The van der Waals surface area contributed by atoms with Crippen molar-refractivity contribution in [1.82, 2.24) is 10.2 Å². The molecule has 0 saturated carbocycles. The third kappa shape index (κ3) is 3.16. The molecule has 0 aliphatic heterocycles. The number of terminal acetylenes is 2. The highest BCUT2D eigenvalue weighted by molar-refractivity contribution is 5.33. The van der Waals surface area contributed by atoms with E-state index in [4.69, 9.17) is 12.8 Å². The fourth-order valence-electron chi connectivity index (χ4n) is 1.05. The van der Waals surface area contributed by atoms with Crippen LogP contribution in [0.15, 0.2) is 18.3 Å². The maximum absolute atomic E-state index is 5.22. The van der Waals surface area contributed by atoms with E-state index in [1.165, 1.54) is 0 Å². The van der Waals surface area contributed by atoms with E-state index >= 15 is 0 Å². The van der Waals surface area contributed by atoms with E-state index in [9.17, 15) is 0 Å². The van der Waals surface area contributed by atoms with Gasteiger partial charge in [-0.1, -0.05) is 0 Å². The van der Waals surface area contributed by atoms with Gasteiger partial charge < -0.3 is 5.32 Å². The van der Waals surface area contributed by atoms with E-state index in [0.717, 1.165) is 0 Å². The van der Waals surface area contributed by atoms with Crippen LogP contribution in [0.4, 0.5) is 5.82 Å². The van der Waals surface area contributed by atoms with Gasteiger partial charge in [-0.2, -0.15) is 5.10 Å². The van der Waals surface area contributed by atoms with Crippen molar-refractivity contribution in [2.75, 3.05) is 5.32 Å². The summed E-state index contributed by atoms with van der Waals surface area (Å²) in [5.41, 5.74) is 0. The molecule has 1 aromatic heterocycles. The minimum absolute atomic E-state index is 0.0710. The minimum Gasteiger partial charge on any atom is -0.364 e. The first-order valence-corrected chi connectivity index (χ1v) is 4.28. The van der Waals surface area contributed by atoms with Crippen molar-refractivity contribution in [2.24, 2.45) is 0 Å². The zero-order valence-corrected chi connectivity index (χ0v) is 7.77. The van der Waals surface area contributed by atoms with Gasteiger partial charge in [-0.25, -0.2) is 0 Å². The molecule has 0 spiro atoms. The standard InChI is InChI=1S/C11H11N3/c1-3-6-10(7-4-2)13-11-8-5-9-12-14-11/h1-2,5,8-10H,6-7H2,(H,13,14). The Hall–Kier alpha value is -2.00. The first kappa shape index (κ1) is 10.1. The van der Waals surface area contributed by atoms with E-state index in [2.05, 4.69) is 27.4 Å². The van der Waals surface area contributed by atoms with Gasteiger partial charge in [-0.15, -0.1) is 29.8 Å². The average molecular weight is 185 g/mol. The van der Waals surface area contributed by atoms with Crippen LogP contribution in [-0.4, -0.2) is 16.2 Å². The zero-order valence-electron chi connectivity index (χ0n) is 7.77. The molecule has 3 nitrogen and oxygen atoms in total. The van der Waals surface area contributed by atoms with E-state index in [1.54, 1.807) is 12.3 Å².